The van der Waals surface area contributed by atoms with E-state index in [0.29, 0.717) is 33.3 Å². The Hall–Kier alpha value is -2.88. The Balaban J connectivity index is 1.90. The first-order valence-electron chi connectivity index (χ1n) is 13.7. The summed E-state index contributed by atoms with van der Waals surface area (Å²) in [5, 5.41) is 7.35. The molecular formula is C32H35Cl3FN3O4. The molecule has 0 unspecified atom stereocenters. The number of nitrogens with two attached hydrogens (primary N) is 1. The molecule has 0 saturated carbocycles. The van der Waals surface area contributed by atoms with Gasteiger partial charge < -0.3 is 25.8 Å². The fraction of sp³-hybridized carbons (Fsp3) is 0.375. The third kappa shape index (κ3) is 6.64. The number of carbonyl (C=O) groups excluding carboxylic acids is 2. The maximum atomic E-state index is 15.9. The molecule has 7 nitrogen and oxygen atoms in total. The summed E-state index contributed by atoms with van der Waals surface area (Å²) in [5.41, 5.74) is 6.92. The highest BCUT2D eigenvalue weighted by Gasteiger charge is 2.59. The van der Waals surface area contributed by atoms with Crippen LogP contribution in [0, 0.1) is 11.2 Å². The minimum absolute atomic E-state index is 0.00510. The molecule has 1 fully saturated rings. The van der Waals surface area contributed by atoms with Crippen LogP contribution in [0.5, 0.6) is 5.75 Å². The first kappa shape index (κ1) is 33.0. The Morgan fingerprint density at radius 2 is 1.74 bits per heavy atom. The number of esters is 1. The summed E-state index contributed by atoms with van der Waals surface area (Å²) in [4.78, 5) is 26.3. The van der Waals surface area contributed by atoms with Gasteiger partial charge in [0.15, 0.2) is 0 Å². The highest BCUT2D eigenvalue weighted by Crippen LogP contribution is 2.52. The molecule has 1 aliphatic heterocycles. The molecule has 0 radical (unpaired) electrons. The Kier molecular flexibility index (Phi) is 9.99. The second-order valence-electron chi connectivity index (χ2n) is 11.9. The van der Waals surface area contributed by atoms with Gasteiger partial charge in [0.25, 0.3) is 0 Å². The van der Waals surface area contributed by atoms with Crippen LogP contribution in [-0.2, 0) is 14.9 Å². The van der Waals surface area contributed by atoms with E-state index < -0.39 is 41.1 Å². The number of nitrogens with one attached hydrogen (secondary N) is 2. The van der Waals surface area contributed by atoms with Crippen molar-refractivity contribution in [3.63, 3.8) is 0 Å². The quantitative estimate of drug-likeness (QED) is 0.228. The average molecular weight is 651 g/mol. The maximum absolute atomic E-state index is 15.9. The van der Waals surface area contributed by atoms with Crippen molar-refractivity contribution in [3.8, 4) is 5.75 Å². The van der Waals surface area contributed by atoms with E-state index in [-0.39, 0.29) is 28.3 Å². The minimum Gasteiger partial charge on any atom is -0.495 e. The van der Waals surface area contributed by atoms with Gasteiger partial charge in [-0.15, -0.1) is 0 Å². The number of carbonyl (C=O) groups is 2. The van der Waals surface area contributed by atoms with E-state index in [0.717, 1.165) is 0 Å². The van der Waals surface area contributed by atoms with E-state index in [1.54, 1.807) is 36.4 Å². The fourth-order valence-corrected chi connectivity index (χ4v) is 6.57. The van der Waals surface area contributed by atoms with Crippen molar-refractivity contribution in [2.24, 2.45) is 11.1 Å². The topological polar surface area (TPSA) is 103 Å². The zero-order chi connectivity index (χ0) is 31.7. The largest absolute Gasteiger partial charge is 0.495 e. The monoisotopic (exact) mass is 649 g/mol. The van der Waals surface area contributed by atoms with Gasteiger partial charge in [0, 0.05) is 28.9 Å². The molecule has 0 bridgehead atoms. The second-order valence-corrected chi connectivity index (χ2v) is 13.1. The van der Waals surface area contributed by atoms with Gasteiger partial charge in [-0.25, -0.2) is 9.18 Å². The highest BCUT2D eigenvalue weighted by atomic mass is 35.5. The van der Waals surface area contributed by atoms with Crippen molar-refractivity contribution in [2.75, 3.05) is 26.1 Å². The first-order valence-corrected chi connectivity index (χ1v) is 14.8. The van der Waals surface area contributed by atoms with Crippen molar-refractivity contribution < 1.29 is 23.5 Å². The van der Waals surface area contributed by atoms with Crippen LogP contribution in [0.4, 0.5) is 10.1 Å². The smallest absolute Gasteiger partial charge is 0.337 e. The molecule has 3 aromatic carbocycles. The number of halogens is 4. The summed E-state index contributed by atoms with van der Waals surface area (Å²) in [6, 6.07) is 12.9. The van der Waals surface area contributed by atoms with Crippen LogP contribution in [-0.4, -0.2) is 44.7 Å². The SMILES string of the molecule is COC(=O)c1ccc(NC(=O)[C@@H]2N[C@@H](CC(C)(C)C)[C@](CN)(c3ccc(Cl)cc3F)[C@H]2c2ccc(Cl)c(Cl)c2)c(OC)c1. The Morgan fingerprint density at radius 1 is 1.02 bits per heavy atom. The molecule has 4 N–H and O–H groups in total. The van der Waals surface area contributed by atoms with Crippen LogP contribution < -0.4 is 21.1 Å². The van der Waals surface area contributed by atoms with Gasteiger partial charge in [-0.2, -0.15) is 0 Å². The molecule has 11 heteroatoms. The standard InChI is InChI=1S/C32H35Cl3FN3O4/c1-31(2,3)15-26-32(16-37,20-9-8-19(33)14-23(20)36)27(17-6-10-21(34)22(35)12-17)28(39-26)29(40)38-24-11-7-18(30(41)43-5)13-25(24)42-4/h6-14,26-28,39H,15-16,37H2,1-5H3,(H,38,40)/t26-,27-,28+,32-/m0/s1. The molecule has 43 heavy (non-hydrogen) atoms. The predicted octanol–water partition coefficient (Wildman–Crippen LogP) is 6.98. The summed E-state index contributed by atoms with van der Waals surface area (Å²) in [6.45, 7) is 6.22. The molecular weight excluding hydrogens is 616 g/mol. The van der Waals surface area contributed by atoms with Crippen molar-refractivity contribution >= 4 is 52.4 Å². The van der Waals surface area contributed by atoms with E-state index >= 15 is 4.39 Å². The van der Waals surface area contributed by atoms with Crippen LogP contribution in [0.1, 0.15) is 54.6 Å². The third-order valence-electron chi connectivity index (χ3n) is 7.94. The highest BCUT2D eigenvalue weighted by molar-refractivity contribution is 6.42. The third-order valence-corrected chi connectivity index (χ3v) is 8.92. The van der Waals surface area contributed by atoms with E-state index in [4.69, 9.17) is 50.0 Å². The molecule has 3 aromatic rings. The van der Waals surface area contributed by atoms with Gasteiger partial charge in [-0.3, -0.25) is 4.79 Å². The number of ether oxygens (including phenoxy) is 2. The van der Waals surface area contributed by atoms with Gasteiger partial charge >= 0.3 is 5.97 Å². The number of hydrogen-bond acceptors (Lipinski definition) is 6. The number of amides is 1. The zero-order valence-corrected chi connectivity index (χ0v) is 26.8. The van der Waals surface area contributed by atoms with Crippen molar-refractivity contribution in [2.45, 2.75) is 50.6 Å². The van der Waals surface area contributed by atoms with Gasteiger partial charge in [0.2, 0.25) is 5.91 Å². The van der Waals surface area contributed by atoms with Crippen LogP contribution in [0.15, 0.2) is 54.6 Å². The van der Waals surface area contributed by atoms with Crippen LogP contribution in [0.3, 0.4) is 0 Å². The lowest BCUT2D eigenvalue weighted by molar-refractivity contribution is -0.118. The minimum atomic E-state index is -1.10. The molecule has 4 rings (SSSR count). The molecule has 1 aliphatic rings. The second kappa shape index (κ2) is 13.0. The Morgan fingerprint density at radius 3 is 2.33 bits per heavy atom. The summed E-state index contributed by atoms with van der Waals surface area (Å²) in [5.74, 6) is -1.90. The Labute approximate surface area is 266 Å². The van der Waals surface area contributed by atoms with E-state index in [2.05, 4.69) is 31.4 Å². The number of benzene rings is 3. The molecule has 0 aromatic heterocycles. The average Bonchev–Trinajstić information content (AvgIpc) is 3.27. The number of hydrogen-bond donors (Lipinski definition) is 3. The molecule has 1 heterocycles. The van der Waals surface area contributed by atoms with Crippen molar-refractivity contribution in [1.82, 2.24) is 5.32 Å². The van der Waals surface area contributed by atoms with E-state index in [1.165, 1.54) is 32.4 Å². The van der Waals surface area contributed by atoms with Gasteiger partial charge in [-0.1, -0.05) is 67.7 Å². The molecule has 1 amide bonds. The number of methoxy groups -OCH3 is 2. The maximum Gasteiger partial charge on any atom is 0.337 e. The lowest BCUT2D eigenvalue weighted by Crippen LogP contribution is -2.50. The van der Waals surface area contributed by atoms with Crippen molar-refractivity contribution in [3.05, 3.63) is 92.2 Å². The lowest BCUT2D eigenvalue weighted by atomic mass is 9.62. The van der Waals surface area contributed by atoms with Crippen LogP contribution >= 0.6 is 34.8 Å². The molecule has 0 spiro atoms. The zero-order valence-electron chi connectivity index (χ0n) is 24.6. The summed E-state index contributed by atoms with van der Waals surface area (Å²) < 4.78 is 26.2. The normalized spacial score (nSPS) is 21.9. The Bertz CT molecular complexity index is 1530. The van der Waals surface area contributed by atoms with Gasteiger partial charge in [0.05, 0.1) is 41.6 Å². The predicted molar refractivity (Wildman–Crippen MR) is 169 cm³/mol. The summed E-state index contributed by atoms with van der Waals surface area (Å²) >= 11 is 18.9. The first-order chi connectivity index (χ1) is 20.2. The summed E-state index contributed by atoms with van der Waals surface area (Å²) in [7, 11) is 2.71. The molecule has 1 saturated heterocycles. The number of anilines is 1. The summed E-state index contributed by atoms with van der Waals surface area (Å²) in [6.07, 6.45) is 0.561. The lowest BCUT2D eigenvalue weighted by Gasteiger charge is -2.42. The molecule has 0 aliphatic carbocycles. The fourth-order valence-electron chi connectivity index (χ4n) is 6.10. The number of rotatable bonds is 8. The van der Waals surface area contributed by atoms with Gasteiger partial charge in [-0.05, 0) is 65.4 Å². The van der Waals surface area contributed by atoms with Gasteiger partial charge in [0.1, 0.15) is 11.6 Å². The molecule has 4 atom stereocenters. The van der Waals surface area contributed by atoms with Crippen LogP contribution in [0.25, 0.3) is 0 Å². The van der Waals surface area contributed by atoms with Crippen LogP contribution in [0.2, 0.25) is 15.1 Å². The van der Waals surface area contributed by atoms with Crippen molar-refractivity contribution in [1.29, 1.82) is 0 Å². The molecule has 230 valence electrons. The van der Waals surface area contributed by atoms with E-state index in [1.807, 2.05) is 0 Å². The van der Waals surface area contributed by atoms with E-state index in [9.17, 15) is 9.59 Å².